The topological polar surface area (TPSA) is 30.9 Å². The average molecular weight is 462 g/mol. The number of nitrogens with zero attached hydrogens (tertiary/aromatic N) is 1. The summed E-state index contributed by atoms with van der Waals surface area (Å²) in [6.45, 7) is 22.0. The summed E-state index contributed by atoms with van der Waals surface area (Å²) in [5.41, 5.74) is 1.72. The van der Waals surface area contributed by atoms with Gasteiger partial charge in [-0.3, -0.25) is 0 Å². The van der Waals surface area contributed by atoms with Crippen molar-refractivity contribution in [3.63, 3.8) is 0 Å². The highest BCUT2D eigenvalue weighted by atomic mass is 28.4. The van der Waals surface area contributed by atoms with Gasteiger partial charge in [0, 0.05) is 25.9 Å². The maximum absolute atomic E-state index is 6.28. The first-order valence-electron chi connectivity index (χ1n) is 12.5. The van der Waals surface area contributed by atoms with Gasteiger partial charge in [0.2, 0.25) is 0 Å². The quantitative estimate of drug-likeness (QED) is 0.282. The maximum atomic E-state index is 6.28. The Labute approximate surface area is 199 Å². The Bertz CT molecular complexity index is 697. The van der Waals surface area contributed by atoms with Crippen molar-refractivity contribution < 1.29 is 13.7 Å². The molecule has 0 aromatic heterocycles. The second-order valence-corrected chi connectivity index (χ2v) is 16.8. The fourth-order valence-electron chi connectivity index (χ4n) is 3.52. The maximum Gasteiger partial charge on any atom is 0.494 e. The van der Waals surface area contributed by atoms with E-state index >= 15 is 0 Å². The standard InChI is InChI=1S/C26H48BNO3Si/c1-24(2,3)32(9,10)29-21-15-13-11-12-14-20-28(8)23-18-16-22(17-19-23)27-30-25(4,5)26(6,7)31-27/h16-19H,11-15,20-21H2,1-10H3. The monoisotopic (exact) mass is 461 g/mol. The van der Waals surface area contributed by atoms with Crippen LogP contribution in [-0.2, 0) is 13.7 Å². The van der Waals surface area contributed by atoms with Gasteiger partial charge < -0.3 is 18.6 Å². The lowest BCUT2D eigenvalue weighted by molar-refractivity contribution is 0.00578. The molecular formula is C26H48BNO3Si. The van der Waals surface area contributed by atoms with Gasteiger partial charge in [-0.1, -0.05) is 52.2 Å². The van der Waals surface area contributed by atoms with Gasteiger partial charge in [0.1, 0.15) is 0 Å². The van der Waals surface area contributed by atoms with Crippen LogP contribution in [0.15, 0.2) is 24.3 Å². The zero-order valence-corrected chi connectivity index (χ0v) is 23.5. The normalized spacial score (nSPS) is 18.2. The smallest absolute Gasteiger partial charge is 0.417 e. The minimum Gasteiger partial charge on any atom is -0.417 e. The molecule has 1 aromatic carbocycles. The summed E-state index contributed by atoms with van der Waals surface area (Å²) >= 11 is 0. The Morgan fingerprint density at radius 2 is 1.38 bits per heavy atom. The lowest BCUT2D eigenvalue weighted by Gasteiger charge is -2.36. The van der Waals surface area contributed by atoms with E-state index in [0.29, 0.717) is 5.04 Å². The van der Waals surface area contributed by atoms with E-state index in [9.17, 15) is 0 Å². The largest absolute Gasteiger partial charge is 0.494 e. The number of unbranched alkanes of at least 4 members (excludes halogenated alkanes) is 4. The van der Waals surface area contributed by atoms with Crippen LogP contribution in [0.2, 0.25) is 18.1 Å². The molecule has 1 aliphatic heterocycles. The Morgan fingerprint density at radius 1 is 0.875 bits per heavy atom. The van der Waals surface area contributed by atoms with Crippen molar-refractivity contribution in [2.45, 2.75) is 110 Å². The molecule has 1 aliphatic rings. The highest BCUT2D eigenvalue weighted by Gasteiger charge is 2.51. The van der Waals surface area contributed by atoms with E-state index in [2.05, 4.69) is 97.8 Å². The molecule has 0 saturated carbocycles. The van der Waals surface area contributed by atoms with Crippen LogP contribution in [0, 0.1) is 0 Å². The van der Waals surface area contributed by atoms with E-state index in [4.69, 9.17) is 13.7 Å². The molecule has 0 radical (unpaired) electrons. The minimum absolute atomic E-state index is 0.292. The molecule has 1 saturated heterocycles. The molecule has 0 spiro atoms. The van der Waals surface area contributed by atoms with Crippen molar-refractivity contribution in [3.8, 4) is 0 Å². The van der Waals surface area contributed by atoms with E-state index in [1.54, 1.807) is 0 Å². The van der Waals surface area contributed by atoms with Gasteiger partial charge in [0.05, 0.1) is 11.2 Å². The lowest BCUT2D eigenvalue weighted by Crippen LogP contribution is -2.41. The molecule has 0 unspecified atom stereocenters. The van der Waals surface area contributed by atoms with Gasteiger partial charge in [-0.25, -0.2) is 0 Å². The molecule has 6 heteroatoms. The molecule has 2 rings (SSSR count). The fraction of sp³-hybridized carbons (Fsp3) is 0.769. The first-order valence-corrected chi connectivity index (χ1v) is 15.4. The van der Waals surface area contributed by atoms with E-state index in [-0.39, 0.29) is 18.3 Å². The molecule has 0 atom stereocenters. The van der Waals surface area contributed by atoms with Crippen molar-refractivity contribution in [1.82, 2.24) is 0 Å². The van der Waals surface area contributed by atoms with Gasteiger partial charge in [0.25, 0.3) is 0 Å². The summed E-state index contributed by atoms with van der Waals surface area (Å²) in [4.78, 5) is 2.34. The number of anilines is 1. The highest BCUT2D eigenvalue weighted by Crippen LogP contribution is 2.37. The molecular weight excluding hydrogens is 413 g/mol. The lowest BCUT2D eigenvalue weighted by atomic mass is 9.79. The van der Waals surface area contributed by atoms with Crippen LogP contribution in [0.25, 0.3) is 0 Å². The summed E-state index contributed by atoms with van der Waals surface area (Å²) in [6.07, 6.45) is 6.23. The first kappa shape index (κ1) is 27.4. The van der Waals surface area contributed by atoms with Gasteiger partial charge in [0.15, 0.2) is 8.32 Å². The van der Waals surface area contributed by atoms with Crippen LogP contribution in [0.3, 0.4) is 0 Å². The molecule has 1 fully saturated rings. The molecule has 0 bridgehead atoms. The van der Waals surface area contributed by atoms with Gasteiger partial charge in [-0.2, -0.15) is 0 Å². The Balaban J connectivity index is 1.65. The SMILES string of the molecule is CN(CCCCCCCO[Si](C)(C)C(C)(C)C)c1ccc(B2OC(C)(C)C(C)(C)O2)cc1. The van der Waals surface area contributed by atoms with E-state index in [1.165, 1.54) is 37.8 Å². The average Bonchev–Trinajstić information content (AvgIpc) is 2.90. The molecule has 0 aliphatic carbocycles. The van der Waals surface area contributed by atoms with Crippen molar-refractivity contribution in [1.29, 1.82) is 0 Å². The van der Waals surface area contributed by atoms with E-state index in [1.807, 2.05) is 0 Å². The van der Waals surface area contributed by atoms with Crippen molar-refractivity contribution >= 4 is 26.6 Å². The fourth-order valence-corrected chi connectivity index (χ4v) is 4.61. The van der Waals surface area contributed by atoms with Crippen LogP contribution < -0.4 is 10.4 Å². The molecule has 4 nitrogen and oxygen atoms in total. The predicted octanol–water partition coefficient (Wildman–Crippen LogP) is 6.39. The van der Waals surface area contributed by atoms with E-state index in [0.717, 1.165) is 18.6 Å². The predicted molar refractivity (Wildman–Crippen MR) is 142 cm³/mol. The Morgan fingerprint density at radius 3 is 1.91 bits per heavy atom. The van der Waals surface area contributed by atoms with Gasteiger partial charge in [-0.15, -0.1) is 0 Å². The van der Waals surface area contributed by atoms with Crippen LogP contribution >= 0.6 is 0 Å². The van der Waals surface area contributed by atoms with Crippen molar-refractivity contribution in [2.24, 2.45) is 0 Å². The summed E-state index contributed by atoms with van der Waals surface area (Å²) in [5.74, 6) is 0. The molecule has 1 heterocycles. The minimum atomic E-state index is -1.58. The Hall–Kier alpha value is -0.818. The van der Waals surface area contributed by atoms with Gasteiger partial charge in [-0.05, 0) is 76.3 Å². The third-order valence-electron chi connectivity index (χ3n) is 7.77. The third kappa shape index (κ3) is 7.09. The molecule has 32 heavy (non-hydrogen) atoms. The van der Waals surface area contributed by atoms with Gasteiger partial charge >= 0.3 is 7.12 Å². The van der Waals surface area contributed by atoms with Crippen LogP contribution in [0.1, 0.15) is 80.6 Å². The van der Waals surface area contributed by atoms with Crippen LogP contribution in [-0.4, -0.2) is 46.8 Å². The second kappa shape index (κ2) is 10.6. The highest BCUT2D eigenvalue weighted by molar-refractivity contribution is 6.74. The van der Waals surface area contributed by atoms with Crippen molar-refractivity contribution in [2.75, 3.05) is 25.1 Å². The molecule has 0 N–H and O–H groups in total. The summed E-state index contributed by atoms with van der Waals surface area (Å²) < 4.78 is 18.6. The van der Waals surface area contributed by atoms with E-state index < -0.39 is 8.32 Å². The number of benzene rings is 1. The zero-order chi connectivity index (χ0) is 24.2. The summed E-state index contributed by atoms with van der Waals surface area (Å²) in [5, 5.41) is 0.306. The zero-order valence-electron chi connectivity index (χ0n) is 22.5. The first-order chi connectivity index (χ1) is 14.7. The third-order valence-corrected chi connectivity index (χ3v) is 12.3. The number of hydrogen-bond acceptors (Lipinski definition) is 4. The van der Waals surface area contributed by atoms with Crippen molar-refractivity contribution in [3.05, 3.63) is 24.3 Å². The molecule has 0 amide bonds. The van der Waals surface area contributed by atoms with Crippen LogP contribution in [0.5, 0.6) is 0 Å². The molecule has 1 aromatic rings. The summed E-state index contributed by atoms with van der Waals surface area (Å²) in [7, 11) is 0.303. The Kier molecular flexibility index (Phi) is 9.11. The number of hydrogen-bond donors (Lipinski definition) is 0. The molecule has 182 valence electrons. The second-order valence-electron chi connectivity index (χ2n) is 12.0. The van der Waals surface area contributed by atoms with Crippen LogP contribution in [0.4, 0.5) is 5.69 Å². The number of rotatable bonds is 11. The summed E-state index contributed by atoms with van der Waals surface area (Å²) in [6, 6.07) is 8.63.